The molecule has 2 unspecified atom stereocenters. The van der Waals surface area contributed by atoms with E-state index in [2.05, 4.69) is 14.2 Å². The monoisotopic (exact) mass is 201 g/mol. The molecule has 1 nitrogen and oxygen atoms in total. The second-order valence-electron chi connectivity index (χ2n) is 3.83. The fraction of sp³-hybridized carbons (Fsp3) is 0.700. The molecule has 0 aliphatic heterocycles. The summed E-state index contributed by atoms with van der Waals surface area (Å²) in [7, 11) is 3.98. The van der Waals surface area contributed by atoms with Crippen LogP contribution in [0.3, 0.4) is 0 Å². The van der Waals surface area contributed by atoms with Gasteiger partial charge in [-0.1, -0.05) is 9.24 Å². The number of halogens is 1. The van der Waals surface area contributed by atoms with Crippen molar-refractivity contribution in [3.8, 4) is 0 Å². The highest BCUT2D eigenvalue weighted by Crippen LogP contribution is 2.34. The summed E-state index contributed by atoms with van der Waals surface area (Å²) in [6.07, 6.45) is 4.29. The first-order valence-electron chi connectivity index (χ1n) is 4.58. The number of rotatable bonds is 3. The summed E-state index contributed by atoms with van der Waals surface area (Å²) in [5.74, 6) is 0.590. The van der Waals surface area contributed by atoms with Crippen molar-refractivity contribution in [2.45, 2.75) is 32.1 Å². The van der Waals surface area contributed by atoms with Crippen LogP contribution >= 0.6 is 9.24 Å². The molecule has 0 aromatic carbocycles. The normalized spacial score (nSPS) is 24.4. The summed E-state index contributed by atoms with van der Waals surface area (Å²) in [6.45, 7) is 3.35. The molecule has 1 fully saturated rings. The molecule has 1 saturated carbocycles. The molecule has 0 N–H and O–H groups in total. The third-order valence-electron chi connectivity index (χ3n) is 2.39. The predicted octanol–water partition coefficient (Wildman–Crippen LogP) is 2.97. The average molecular weight is 201 g/mol. The Balaban J connectivity index is 2.73. The largest absolute Gasteiger partial charge is 0.293 e. The summed E-state index contributed by atoms with van der Waals surface area (Å²) < 4.78 is 13.4. The number of hydrogen-bond donors (Lipinski definition) is 0. The van der Waals surface area contributed by atoms with Gasteiger partial charge >= 0.3 is 0 Å². The Morgan fingerprint density at radius 3 is 2.46 bits per heavy atom. The zero-order chi connectivity index (χ0) is 10.1. The summed E-state index contributed by atoms with van der Waals surface area (Å²) in [5.41, 5.74) is 1.77. The highest BCUT2D eigenvalue weighted by molar-refractivity contribution is 7.19. The van der Waals surface area contributed by atoms with E-state index < -0.39 is 5.41 Å². The zero-order valence-electron chi connectivity index (χ0n) is 8.47. The minimum atomic E-state index is -1.30. The van der Waals surface area contributed by atoms with Crippen molar-refractivity contribution in [2.75, 3.05) is 7.05 Å². The first kappa shape index (κ1) is 10.8. The summed E-state index contributed by atoms with van der Waals surface area (Å²) in [6, 6.07) is 0. The fourth-order valence-corrected chi connectivity index (χ4v) is 1.19. The summed E-state index contributed by atoms with van der Waals surface area (Å²) >= 11 is 0. The summed E-state index contributed by atoms with van der Waals surface area (Å²) in [4.78, 5) is 4.17. The number of aliphatic imine (C=N–C) groups is 1. The molecular formula is C10H17FNP. The van der Waals surface area contributed by atoms with Crippen LogP contribution in [0.2, 0.25) is 0 Å². The van der Waals surface area contributed by atoms with E-state index in [0.717, 1.165) is 11.3 Å². The highest BCUT2D eigenvalue weighted by atomic mass is 31.0. The van der Waals surface area contributed by atoms with Gasteiger partial charge < -0.3 is 0 Å². The molecule has 0 amide bonds. The molecule has 0 bridgehead atoms. The Morgan fingerprint density at radius 2 is 2.15 bits per heavy atom. The molecule has 0 heterocycles. The minimum absolute atomic E-state index is 0.590. The Kier molecular flexibility index (Phi) is 3.23. The number of alkyl halides is 1. The van der Waals surface area contributed by atoms with Gasteiger partial charge in [0, 0.05) is 18.7 Å². The smallest absolute Gasteiger partial charge is 0.141 e. The number of hydrogen-bond acceptors (Lipinski definition) is 1. The van der Waals surface area contributed by atoms with Crippen LogP contribution < -0.4 is 0 Å². The molecule has 0 spiro atoms. The van der Waals surface area contributed by atoms with Gasteiger partial charge in [0.15, 0.2) is 0 Å². The molecule has 0 saturated heterocycles. The SMILES string of the molecule is CN=C(/C=C(\C)C(C)(F)P)C1CC1. The van der Waals surface area contributed by atoms with Crippen LogP contribution in [0.25, 0.3) is 0 Å². The molecule has 1 aliphatic rings. The van der Waals surface area contributed by atoms with Crippen LogP contribution in [0, 0.1) is 5.92 Å². The molecule has 13 heavy (non-hydrogen) atoms. The van der Waals surface area contributed by atoms with Crippen LogP contribution in [-0.4, -0.2) is 18.2 Å². The lowest BCUT2D eigenvalue weighted by molar-refractivity contribution is 0.366. The van der Waals surface area contributed by atoms with E-state index in [9.17, 15) is 4.39 Å². The van der Waals surface area contributed by atoms with E-state index in [4.69, 9.17) is 0 Å². The second-order valence-corrected chi connectivity index (χ2v) is 4.91. The quantitative estimate of drug-likeness (QED) is 0.491. The van der Waals surface area contributed by atoms with Crippen molar-refractivity contribution >= 4 is 15.0 Å². The molecule has 3 heteroatoms. The predicted molar refractivity (Wildman–Crippen MR) is 59.1 cm³/mol. The molecule has 1 aliphatic carbocycles. The van der Waals surface area contributed by atoms with Gasteiger partial charge in [0.05, 0.1) is 0 Å². The van der Waals surface area contributed by atoms with Gasteiger partial charge in [-0.2, -0.15) is 0 Å². The lowest BCUT2D eigenvalue weighted by atomic mass is 10.1. The van der Waals surface area contributed by atoms with Crippen LogP contribution in [0.4, 0.5) is 4.39 Å². The van der Waals surface area contributed by atoms with Gasteiger partial charge in [-0.25, -0.2) is 4.39 Å². The standard InChI is InChI=1S/C10H17FNP/c1-7(10(2,11)13)6-9(12-3)8-4-5-8/h6,8H,4-5,13H2,1-3H3/b7-6+,12-9?. The van der Waals surface area contributed by atoms with E-state index in [1.807, 2.05) is 6.08 Å². The van der Waals surface area contributed by atoms with Gasteiger partial charge in [0.2, 0.25) is 0 Å². The third-order valence-corrected chi connectivity index (χ3v) is 2.84. The van der Waals surface area contributed by atoms with E-state index in [1.165, 1.54) is 12.8 Å². The van der Waals surface area contributed by atoms with Crippen LogP contribution in [0.5, 0.6) is 0 Å². The zero-order valence-corrected chi connectivity index (χ0v) is 9.63. The highest BCUT2D eigenvalue weighted by Gasteiger charge is 2.27. The van der Waals surface area contributed by atoms with E-state index in [1.54, 1.807) is 20.9 Å². The van der Waals surface area contributed by atoms with Crippen molar-refractivity contribution in [3.05, 3.63) is 11.6 Å². The second kappa shape index (κ2) is 3.88. The molecule has 0 aromatic heterocycles. The maximum atomic E-state index is 13.4. The minimum Gasteiger partial charge on any atom is -0.293 e. The van der Waals surface area contributed by atoms with Crippen molar-refractivity contribution in [1.82, 2.24) is 0 Å². The Labute approximate surface area is 81.7 Å². The van der Waals surface area contributed by atoms with E-state index in [0.29, 0.717) is 5.92 Å². The Morgan fingerprint density at radius 1 is 1.62 bits per heavy atom. The first-order chi connectivity index (χ1) is 5.95. The van der Waals surface area contributed by atoms with Gasteiger partial charge in [-0.05, 0) is 38.3 Å². The lowest BCUT2D eigenvalue weighted by Gasteiger charge is -2.15. The van der Waals surface area contributed by atoms with Crippen LogP contribution in [0.1, 0.15) is 26.7 Å². The molecule has 2 atom stereocenters. The lowest BCUT2D eigenvalue weighted by Crippen LogP contribution is -2.11. The number of allylic oxidation sites excluding steroid dienone is 2. The molecule has 0 aromatic rings. The Bertz CT molecular complexity index is 246. The van der Waals surface area contributed by atoms with Crippen LogP contribution in [0.15, 0.2) is 16.6 Å². The summed E-state index contributed by atoms with van der Waals surface area (Å²) in [5, 5.41) is -1.30. The van der Waals surface area contributed by atoms with Crippen molar-refractivity contribution < 1.29 is 4.39 Å². The Hall–Kier alpha value is -0.230. The van der Waals surface area contributed by atoms with E-state index >= 15 is 0 Å². The van der Waals surface area contributed by atoms with Gasteiger partial charge in [0.25, 0.3) is 0 Å². The van der Waals surface area contributed by atoms with Crippen molar-refractivity contribution in [2.24, 2.45) is 10.9 Å². The fourth-order valence-electron chi connectivity index (χ4n) is 1.11. The first-order valence-corrected chi connectivity index (χ1v) is 5.16. The van der Waals surface area contributed by atoms with E-state index in [-0.39, 0.29) is 0 Å². The molecule has 74 valence electrons. The maximum Gasteiger partial charge on any atom is 0.141 e. The third kappa shape index (κ3) is 3.19. The molecule has 0 radical (unpaired) electrons. The van der Waals surface area contributed by atoms with Crippen LogP contribution in [-0.2, 0) is 0 Å². The van der Waals surface area contributed by atoms with Gasteiger partial charge in [-0.15, -0.1) is 0 Å². The topological polar surface area (TPSA) is 12.4 Å². The van der Waals surface area contributed by atoms with Gasteiger partial charge in [-0.3, -0.25) is 4.99 Å². The molecular weight excluding hydrogens is 184 g/mol. The molecule has 1 rings (SSSR count). The number of nitrogens with zero attached hydrogens (tertiary/aromatic N) is 1. The average Bonchev–Trinajstić information content (AvgIpc) is 2.80. The van der Waals surface area contributed by atoms with Crippen molar-refractivity contribution in [3.63, 3.8) is 0 Å². The van der Waals surface area contributed by atoms with Gasteiger partial charge in [0.1, 0.15) is 5.41 Å². The van der Waals surface area contributed by atoms with Crippen molar-refractivity contribution in [1.29, 1.82) is 0 Å². The maximum absolute atomic E-state index is 13.4.